The van der Waals surface area contributed by atoms with Crippen LogP contribution in [0.3, 0.4) is 0 Å². The molecule has 0 saturated carbocycles. The lowest BCUT2D eigenvalue weighted by atomic mass is 10.0. The van der Waals surface area contributed by atoms with Crippen molar-refractivity contribution in [2.45, 2.75) is 6.04 Å². The maximum Gasteiger partial charge on any atom is 0.128 e. The van der Waals surface area contributed by atoms with E-state index in [0.29, 0.717) is 23.8 Å². The average Bonchev–Trinajstić information content (AvgIpc) is 2.33. The van der Waals surface area contributed by atoms with Gasteiger partial charge in [-0.3, -0.25) is 4.90 Å². The second kappa shape index (κ2) is 5.53. The highest BCUT2D eigenvalue weighted by Crippen LogP contribution is 2.24. The van der Waals surface area contributed by atoms with Crippen LogP contribution in [0.2, 0.25) is 0 Å². The van der Waals surface area contributed by atoms with E-state index in [-0.39, 0.29) is 11.9 Å². The molecule has 1 atom stereocenters. The molecule has 17 heavy (non-hydrogen) atoms. The van der Waals surface area contributed by atoms with Gasteiger partial charge in [0.1, 0.15) is 5.82 Å². The number of ether oxygens (including phenoxy) is 1. The maximum atomic E-state index is 13.8. The molecule has 1 aliphatic rings. The van der Waals surface area contributed by atoms with Crippen molar-refractivity contribution >= 4 is 17.2 Å². The fourth-order valence-corrected chi connectivity index (χ4v) is 2.34. The van der Waals surface area contributed by atoms with Crippen LogP contribution in [-0.4, -0.2) is 36.2 Å². The quantitative estimate of drug-likeness (QED) is 0.829. The fraction of sp³-hybridized carbons (Fsp3) is 0.417. The third kappa shape index (κ3) is 2.80. The molecule has 1 aromatic carbocycles. The van der Waals surface area contributed by atoms with Crippen LogP contribution < -0.4 is 5.73 Å². The van der Waals surface area contributed by atoms with E-state index in [1.807, 2.05) is 0 Å². The Morgan fingerprint density at radius 2 is 2.00 bits per heavy atom. The van der Waals surface area contributed by atoms with Gasteiger partial charge in [0.25, 0.3) is 0 Å². The van der Waals surface area contributed by atoms with Gasteiger partial charge in [-0.05, 0) is 6.07 Å². The Balaban J connectivity index is 2.28. The lowest BCUT2D eigenvalue weighted by Gasteiger charge is -2.34. The number of hydrogen-bond donors (Lipinski definition) is 1. The highest BCUT2D eigenvalue weighted by Gasteiger charge is 2.26. The first kappa shape index (κ1) is 12.4. The second-order valence-corrected chi connectivity index (χ2v) is 4.45. The van der Waals surface area contributed by atoms with Crippen molar-refractivity contribution in [2.75, 3.05) is 26.3 Å². The standard InChI is InChI=1S/C12H15FN2OS/c13-10-4-2-1-3-9(10)11(12(14)17)15-5-7-16-8-6-15/h1-4,11H,5-8H2,(H2,14,17). The lowest BCUT2D eigenvalue weighted by Crippen LogP contribution is -2.44. The molecule has 1 unspecified atom stereocenters. The summed E-state index contributed by atoms with van der Waals surface area (Å²) in [4.78, 5) is 2.36. The van der Waals surface area contributed by atoms with Crippen molar-refractivity contribution in [2.24, 2.45) is 5.73 Å². The number of hydrogen-bond acceptors (Lipinski definition) is 3. The SMILES string of the molecule is NC(=S)C(c1ccccc1F)N1CCOCC1. The number of morpholine rings is 1. The van der Waals surface area contributed by atoms with Crippen molar-refractivity contribution in [3.63, 3.8) is 0 Å². The molecule has 0 aromatic heterocycles. The number of nitrogens with two attached hydrogens (primary N) is 1. The van der Waals surface area contributed by atoms with E-state index in [0.717, 1.165) is 13.1 Å². The van der Waals surface area contributed by atoms with Gasteiger partial charge in [0.2, 0.25) is 0 Å². The Labute approximate surface area is 105 Å². The largest absolute Gasteiger partial charge is 0.392 e. The van der Waals surface area contributed by atoms with Gasteiger partial charge < -0.3 is 10.5 Å². The van der Waals surface area contributed by atoms with Crippen LogP contribution in [0.5, 0.6) is 0 Å². The van der Waals surface area contributed by atoms with E-state index in [4.69, 9.17) is 22.7 Å². The summed E-state index contributed by atoms with van der Waals surface area (Å²) in [5.41, 5.74) is 6.29. The highest BCUT2D eigenvalue weighted by atomic mass is 32.1. The first-order valence-corrected chi connectivity index (χ1v) is 5.96. The Kier molecular flexibility index (Phi) is 4.04. The van der Waals surface area contributed by atoms with Crippen LogP contribution in [0.4, 0.5) is 4.39 Å². The van der Waals surface area contributed by atoms with Gasteiger partial charge >= 0.3 is 0 Å². The Morgan fingerprint density at radius 1 is 1.35 bits per heavy atom. The first-order chi connectivity index (χ1) is 8.20. The number of nitrogens with zero attached hydrogens (tertiary/aromatic N) is 1. The summed E-state index contributed by atoms with van der Waals surface area (Å²) in [6, 6.07) is 6.28. The van der Waals surface area contributed by atoms with Crippen molar-refractivity contribution in [1.29, 1.82) is 0 Å². The molecule has 3 nitrogen and oxygen atoms in total. The second-order valence-electron chi connectivity index (χ2n) is 3.97. The van der Waals surface area contributed by atoms with Gasteiger partial charge in [-0.2, -0.15) is 0 Å². The Hall–Kier alpha value is -1.04. The topological polar surface area (TPSA) is 38.5 Å². The van der Waals surface area contributed by atoms with Crippen molar-refractivity contribution < 1.29 is 9.13 Å². The van der Waals surface area contributed by atoms with Gasteiger partial charge in [-0.1, -0.05) is 30.4 Å². The summed E-state index contributed by atoms with van der Waals surface area (Å²) in [6.45, 7) is 2.70. The minimum Gasteiger partial charge on any atom is -0.392 e. The summed E-state index contributed by atoms with van der Waals surface area (Å²) in [6.07, 6.45) is 0. The van der Waals surface area contributed by atoms with E-state index in [1.165, 1.54) is 6.07 Å². The Morgan fingerprint density at radius 3 is 2.59 bits per heavy atom. The fourth-order valence-electron chi connectivity index (χ4n) is 2.06. The third-order valence-electron chi connectivity index (χ3n) is 2.88. The Bertz CT molecular complexity index is 407. The van der Waals surface area contributed by atoms with Gasteiger partial charge in [-0.15, -0.1) is 0 Å². The van der Waals surface area contributed by atoms with Gasteiger partial charge in [-0.25, -0.2) is 4.39 Å². The number of halogens is 1. The van der Waals surface area contributed by atoms with E-state index in [9.17, 15) is 4.39 Å². The molecule has 1 heterocycles. The molecule has 0 aliphatic carbocycles. The average molecular weight is 254 g/mol. The van der Waals surface area contributed by atoms with Crippen LogP contribution in [0.1, 0.15) is 11.6 Å². The predicted molar refractivity (Wildman–Crippen MR) is 68.3 cm³/mol. The summed E-state index contributed by atoms with van der Waals surface area (Å²) in [5, 5.41) is 0. The molecule has 2 rings (SSSR count). The zero-order chi connectivity index (χ0) is 12.3. The zero-order valence-corrected chi connectivity index (χ0v) is 10.3. The van der Waals surface area contributed by atoms with Crippen molar-refractivity contribution in [3.05, 3.63) is 35.6 Å². The van der Waals surface area contributed by atoms with Crippen LogP contribution >= 0.6 is 12.2 Å². The maximum absolute atomic E-state index is 13.8. The molecule has 0 radical (unpaired) electrons. The van der Waals surface area contributed by atoms with Crippen molar-refractivity contribution in [1.82, 2.24) is 4.90 Å². The van der Waals surface area contributed by atoms with Crippen LogP contribution in [0, 0.1) is 5.82 Å². The smallest absolute Gasteiger partial charge is 0.128 e. The van der Waals surface area contributed by atoms with Gasteiger partial charge in [0.15, 0.2) is 0 Å². The monoisotopic (exact) mass is 254 g/mol. The third-order valence-corrected chi connectivity index (χ3v) is 3.10. The van der Waals surface area contributed by atoms with E-state index >= 15 is 0 Å². The number of benzene rings is 1. The van der Waals surface area contributed by atoms with Crippen LogP contribution in [0.25, 0.3) is 0 Å². The van der Waals surface area contributed by atoms with E-state index < -0.39 is 0 Å². The summed E-state index contributed by atoms with van der Waals surface area (Å²) < 4.78 is 19.1. The van der Waals surface area contributed by atoms with Crippen LogP contribution in [0.15, 0.2) is 24.3 Å². The number of rotatable bonds is 3. The minimum absolute atomic E-state index is 0.267. The molecular weight excluding hydrogens is 239 g/mol. The normalized spacial score (nSPS) is 18.9. The molecule has 2 N–H and O–H groups in total. The molecule has 0 spiro atoms. The van der Waals surface area contributed by atoms with Crippen LogP contribution in [-0.2, 0) is 4.74 Å². The molecule has 1 saturated heterocycles. The molecule has 0 amide bonds. The van der Waals surface area contributed by atoms with E-state index in [2.05, 4.69) is 4.90 Å². The molecule has 92 valence electrons. The van der Waals surface area contributed by atoms with E-state index in [1.54, 1.807) is 18.2 Å². The summed E-state index contributed by atoms with van der Waals surface area (Å²) in [5.74, 6) is -0.267. The summed E-state index contributed by atoms with van der Waals surface area (Å²) in [7, 11) is 0. The molecule has 1 fully saturated rings. The molecule has 1 aromatic rings. The lowest BCUT2D eigenvalue weighted by molar-refractivity contribution is 0.0283. The minimum atomic E-state index is -0.338. The molecule has 1 aliphatic heterocycles. The van der Waals surface area contributed by atoms with Gasteiger partial charge in [0, 0.05) is 18.7 Å². The molecule has 0 bridgehead atoms. The zero-order valence-electron chi connectivity index (χ0n) is 9.43. The number of thiocarbonyl (C=S) groups is 1. The predicted octanol–water partition coefficient (Wildman–Crippen LogP) is 1.49. The first-order valence-electron chi connectivity index (χ1n) is 5.55. The molecule has 5 heteroatoms. The highest BCUT2D eigenvalue weighted by molar-refractivity contribution is 7.80. The van der Waals surface area contributed by atoms with Gasteiger partial charge in [0.05, 0.1) is 24.2 Å². The molecular formula is C12H15FN2OS. The van der Waals surface area contributed by atoms with Crippen molar-refractivity contribution in [3.8, 4) is 0 Å². The summed E-state index contributed by atoms with van der Waals surface area (Å²) >= 11 is 5.07.